The van der Waals surface area contributed by atoms with E-state index in [4.69, 9.17) is 4.74 Å². The second kappa shape index (κ2) is 5.64. The number of halogens is 1. The SMILES string of the molecule is C=C(C)[C@@H]1CC[C@H]2[C@@]34CO[C@@](O)([C@@H](O)[C@@H]3C(C)(C)CC(Br)C4=O)[C@@]2(O)[C@@H]1O. The number of ether oxygens (including phenoxy) is 1. The van der Waals surface area contributed by atoms with Gasteiger partial charge in [-0.1, -0.05) is 41.9 Å². The van der Waals surface area contributed by atoms with Crippen LogP contribution in [0.4, 0.5) is 0 Å². The molecule has 3 saturated carbocycles. The summed E-state index contributed by atoms with van der Waals surface area (Å²) in [4.78, 5) is 13.0. The molecule has 0 aromatic rings. The van der Waals surface area contributed by atoms with Crippen LogP contribution in [0.1, 0.15) is 40.0 Å². The number of hydrogen-bond acceptors (Lipinski definition) is 6. The number of fused-ring (bicyclic) bond motifs is 1. The fourth-order valence-corrected chi connectivity index (χ4v) is 8.20. The van der Waals surface area contributed by atoms with Crippen LogP contribution in [0, 0.1) is 28.6 Å². The molecule has 5 fully saturated rings. The Balaban J connectivity index is 1.94. The van der Waals surface area contributed by atoms with Gasteiger partial charge < -0.3 is 25.2 Å². The highest BCUT2D eigenvalue weighted by Crippen LogP contribution is 2.70. The molecule has 4 N–H and O–H groups in total. The summed E-state index contributed by atoms with van der Waals surface area (Å²) in [6, 6.07) is 0. The van der Waals surface area contributed by atoms with Gasteiger partial charge in [-0.2, -0.15) is 0 Å². The van der Waals surface area contributed by atoms with Crippen molar-refractivity contribution in [1.82, 2.24) is 0 Å². The number of hydrogen-bond donors (Lipinski definition) is 4. The minimum Gasteiger partial charge on any atom is -0.389 e. The molecule has 152 valence electrons. The summed E-state index contributed by atoms with van der Waals surface area (Å²) in [6.07, 6.45) is -1.33. The highest BCUT2D eigenvalue weighted by molar-refractivity contribution is 9.10. The molecule has 1 spiro atoms. The predicted molar refractivity (Wildman–Crippen MR) is 101 cm³/mol. The lowest BCUT2D eigenvalue weighted by Gasteiger charge is -2.73. The van der Waals surface area contributed by atoms with Crippen molar-refractivity contribution in [3.63, 3.8) is 0 Å². The quantitative estimate of drug-likeness (QED) is 0.356. The number of carbonyl (C=O) groups is 1. The molecule has 9 atom stereocenters. The van der Waals surface area contributed by atoms with E-state index in [1.54, 1.807) is 6.92 Å². The first-order chi connectivity index (χ1) is 12.4. The lowest BCUT2D eigenvalue weighted by molar-refractivity contribution is -0.465. The molecule has 1 unspecified atom stereocenters. The van der Waals surface area contributed by atoms with Gasteiger partial charge in [-0.05, 0) is 31.6 Å². The van der Waals surface area contributed by atoms with E-state index in [-0.39, 0.29) is 12.4 Å². The Hall–Kier alpha value is -0.310. The third-order valence-electron chi connectivity index (χ3n) is 8.05. The molecule has 0 aromatic carbocycles. The van der Waals surface area contributed by atoms with Crippen LogP contribution in [0.2, 0.25) is 0 Å². The molecule has 0 aromatic heterocycles. The Kier molecular flexibility index (Phi) is 4.17. The monoisotopic (exact) mass is 444 g/mol. The first-order valence-corrected chi connectivity index (χ1v) is 10.6. The standard InChI is InChI=1S/C20H29BrO6/c1-9(2)10-5-6-12-18-8-27-20(26,19(12,25)14(10)22)16(24)13(18)17(3,4)7-11(21)15(18)23/h10-14,16,22,24-26H,1,5-8H2,2-4H3/t10-,11?,12-,13+,14+,16-,18-,19-,20-/m0/s1. The predicted octanol–water partition coefficient (Wildman–Crippen LogP) is 1.14. The van der Waals surface area contributed by atoms with Crippen LogP contribution >= 0.6 is 15.9 Å². The van der Waals surface area contributed by atoms with E-state index in [1.807, 2.05) is 13.8 Å². The summed E-state index contributed by atoms with van der Waals surface area (Å²) < 4.78 is 5.64. The normalized spacial score (nSPS) is 56.4. The zero-order valence-electron chi connectivity index (χ0n) is 16.0. The minimum absolute atomic E-state index is 0.0625. The molecule has 2 heterocycles. The molecule has 2 aliphatic heterocycles. The Morgan fingerprint density at radius 2 is 1.85 bits per heavy atom. The highest BCUT2D eigenvalue weighted by atomic mass is 79.9. The number of aliphatic hydroxyl groups excluding tert-OH is 2. The molecule has 0 amide bonds. The van der Waals surface area contributed by atoms with Crippen LogP contribution in [0.3, 0.4) is 0 Å². The smallest absolute Gasteiger partial charge is 0.225 e. The van der Waals surface area contributed by atoms with E-state index >= 15 is 0 Å². The third-order valence-corrected chi connectivity index (χ3v) is 8.79. The number of aliphatic hydroxyl groups is 4. The fraction of sp³-hybridized carbons (Fsp3) is 0.850. The molecule has 0 radical (unpaired) electrons. The number of rotatable bonds is 1. The van der Waals surface area contributed by atoms with Crippen LogP contribution in [0.5, 0.6) is 0 Å². The number of Topliss-reactive ketones (excluding diaryl/α,β-unsaturated/α-hetero) is 1. The number of carbonyl (C=O) groups excluding carboxylic acids is 1. The maximum atomic E-state index is 13.5. The van der Waals surface area contributed by atoms with Gasteiger partial charge in [-0.25, -0.2) is 0 Å². The Morgan fingerprint density at radius 1 is 1.22 bits per heavy atom. The van der Waals surface area contributed by atoms with Crippen LogP contribution in [-0.4, -0.2) is 61.2 Å². The van der Waals surface area contributed by atoms with E-state index in [2.05, 4.69) is 22.5 Å². The van der Waals surface area contributed by atoms with Gasteiger partial charge in [-0.15, -0.1) is 0 Å². The Bertz CT molecular complexity index is 709. The summed E-state index contributed by atoms with van der Waals surface area (Å²) in [5.41, 5.74) is -3.07. The van der Waals surface area contributed by atoms with Crippen molar-refractivity contribution in [3.05, 3.63) is 12.2 Å². The van der Waals surface area contributed by atoms with E-state index in [0.29, 0.717) is 24.8 Å². The summed E-state index contributed by atoms with van der Waals surface area (Å²) in [6.45, 7) is 9.56. The molecule has 2 saturated heterocycles. The molecule has 2 bridgehead atoms. The van der Waals surface area contributed by atoms with E-state index in [0.717, 1.165) is 0 Å². The van der Waals surface area contributed by atoms with E-state index in [9.17, 15) is 25.2 Å². The van der Waals surface area contributed by atoms with Gasteiger partial charge >= 0.3 is 0 Å². The Morgan fingerprint density at radius 3 is 2.44 bits per heavy atom. The van der Waals surface area contributed by atoms with Crippen molar-refractivity contribution in [1.29, 1.82) is 0 Å². The molecule has 7 heteroatoms. The topological polar surface area (TPSA) is 107 Å². The number of ketones is 1. The minimum atomic E-state index is -2.33. The van der Waals surface area contributed by atoms with Crippen molar-refractivity contribution < 1.29 is 30.0 Å². The van der Waals surface area contributed by atoms with Gasteiger partial charge in [-0.3, -0.25) is 4.79 Å². The van der Waals surface area contributed by atoms with E-state index in [1.165, 1.54) is 0 Å². The summed E-state index contributed by atoms with van der Waals surface area (Å²) >= 11 is 3.49. The molecule has 5 rings (SSSR count). The van der Waals surface area contributed by atoms with Crippen molar-refractivity contribution in [2.45, 2.75) is 68.5 Å². The van der Waals surface area contributed by atoms with Crippen molar-refractivity contribution >= 4 is 21.7 Å². The molecular formula is C20H29BrO6. The summed E-state index contributed by atoms with van der Waals surface area (Å²) in [5, 5.41) is 45.4. The molecular weight excluding hydrogens is 416 g/mol. The van der Waals surface area contributed by atoms with Crippen LogP contribution in [-0.2, 0) is 9.53 Å². The molecule has 3 aliphatic carbocycles. The van der Waals surface area contributed by atoms with Crippen molar-refractivity contribution in [3.8, 4) is 0 Å². The lowest BCUT2D eigenvalue weighted by atomic mass is 9.38. The maximum Gasteiger partial charge on any atom is 0.225 e. The summed E-state index contributed by atoms with van der Waals surface area (Å²) in [7, 11) is 0. The average Bonchev–Trinajstić information content (AvgIpc) is 2.56. The first kappa shape index (κ1) is 20.0. The van der Waals surface area contributed by atoms with Gasteiger partial charge in [0.1, 0.15) is 6.10 Å². The van der Waals surface area contributed by atoms with Crippen LogP contribution in [0.25, 0.3) is 0 Å². The van der Waals surface area contributed by atoms with Gasteiger partial charge in [0.2, 0.25) is 5.79 Å². The molecule has 27 heavy (non-hydrogen) atoms. The zero-order chi connectivity index (χ0) is 20.2. The maximum absolute atomic E-state index is 13.5. The second-order valence-corrected chi connectivity index (χ2v) is 10.9. The molecule has 6 nitrogen and oxygen atoms in total. The summed E-state index contributed by atoms with van der Waals surface area (Å²) in [5.74, 6) is -4.14. The lowest BCUT2D eigenvalue weighted by Crippen LogP contribution is -2.88. The second-order valence-electron chi connectivity index (χ2n) is 9.83. The van der Waals surface area contributed by atoms with Crippen molar-refractivity contribution in [2.75, 3.05) is 6.61 Å². The Labute approximate surface area is 167 Å². The van der Waals surface area contributed by atoms with Crippen molar-refractivity contribution in [2.24, 2.45) is 28.6 Å². The average molecular weight is 445 g/mol. The zero-order valence-corrected chi connectivity index (χ0v) is 17.6. The van der Waals surface area contributed by atoms with Gasteiger partial charge in [0, 0.05) is 17.8 Å². The highest BCUT2D eigenvalue weighted by Gasteiger charge is 2.83. The number of alkyl halides is 1. The van der Waals surface area contributed by atoms with Gasteiger partial charge in [0.05, 0.1) is 23.0 Å². The van der Waals surface area contributed by atoms with Crippen LogP contribution in [0.15, 0.2) is 12.2 Å². The van der Waals surface area contributed by atoms with E-state index < -0.39 is 57.0 Å². The van der Waals surface area contributed by atoms with Gasteiger partial charge in [0.15, 0.2) is 11.4 Å². The third kappa shape index (κ3) is 2.06. The first-order valence-electron chi connectivity index (χ1n) is 9.64. The molecule has 5 aliphatic rings. The fourth-order valence-electron chi connectivity index (χ4n) is 6.94. The van der Waals surface area contributed by atoms with Crippen LogP contribution < -0.4 is 0 Å². The van der Waals surface area contributed by atoms with Gasteiger partial charge in [0.25, 0.3) is 0 Å². The largest absolute Gasteiger partial charge is 0.389 e.